The number of aliphatic hydroxyl groups is 1. The first-order valence-corrected chi connectivity index (χ1v) is 5.50. The lowest BCUT2D eigenvalue weighted by Gasteiger charge is -2.05. The van der Waals surface area contributed by atoms with Gasteiger partial charge in [0.25, 0.3) is 0 Å². The third-order valence-electron chi connectivity index (χ3n) is 2.12. The Morgan fingerprint density at radius 2 is 1.69 bits per heavy atom. The van der Waals surface area contributed by atoms with E-state index in [-0.39, 0.29) is 18.8 Å². The maximum absolute atomic E-state index is 8.43. The smallest absolute Gasteiger partial charge is 0.111 e. The molecule has 1 fully saturated rings. The molecule has 2 atom stereocenters. The van der Waals surface area contributed by atoms with Crippen molar-refractivity contribution >= 4 is 0 Å². The molecule has 1 aliphatic heterocycles. The summed E-state index contributed by atoms with van der Waals surface area (Å²) in [4.78, 5) is 0. The summed E-state index contributed by atoms with van der Waals surface area (Å²) in [6, 6.07) is 0. The van der Waals surface area contributed by atoms with E-state index in [1.807, 2.05) is 0 Å². The molecule has 1 heterocycles. The van der Waals surface area contributed by atoms with E-state index >= 15 is 0 Å². The van der Waals surface area contributed by atoms with E-state index in [2.05, 4.69) is 6.58 Å². The van der Waals surface area contributed by atoms with Crippen molar-refractivity contribution in [1.82, 2.24) is 0 Å². The van der Waals surface area contributed by atoms with Crippen molar-refractivity contribution in [3.63, 3.8) is 0 Å². The summed E-state index contributed by atoms with van der Waals surface area (Å²) < 4.78 is 20.8. The highest BCUT2D eigenvalue weighted by Crippen LogP contribution is 2.22. The molecule has 94 valence electrons. The van der Waals surface area contributed by atoms with Crippen LogP contribution in [0.1, 0.15) is 0 Å². The monoisotopic (exact) mass is 232 g/mol. The van der Waals surface area contributed by atoms with Gasteiger partial charge in [0, 0.05) is 0 Å². The molecule has 0 radical (unpaired) electrons. The standard InChI is InChI=1S/C11H20O5/c1-2-10-11(16-10)9-15-8-7-14-6-5-13-4-3-12/h2,10-12H,1,3-9H2/t10-,11-/m1/s1. The molecule has 0 spiro atoms. The van der Waals surface area contributed by atoms with Crippen LogP contribution in [0.15, 0.2) is 12.7 Å². The van der Waals surface area contributed by atoms with Crippen LogP contribution < -0.4 is 0 Å². The van der Waals surface area contributed by atoms with Gasteiger partial charge in [0.1, 0.15) is 12.2 Å². The molecular weight excluding hydrogens is 212 g/mol. The molecule has 0 aromatic carbocycles. The first kappa shape index (κ1) is 13.6. The number of hydrogen-bond donors (Lipinski definition) is 1. The molecule has 0 aromatic heterocycles. The van der Waals surface area contributed by atoms with E-state index < -0.39 is 0 Å². The Morgan fingerprint density at radius 1 is 1.06 bits per heavy atom. The Kier molecular flexibility index (Phi) is 7.37. The first-order valence-electron chi connectivity index (χ1n) is 5.50. The van der Waals surface area contributed by atoms with E-state index in [1.165, 1.54) is 0 Å². The Balaban J connectivity index is 1.70. The highest BCUT2D eigenvalue weighted by atomic mass is 16.6. The minimum atomic E-state index is 0.0506. The minimum Gasteiger partial charge on any atom is -0.394 e. The van der Waals surface area contributed by atoms with Crippen molar-refractivity contribution in [2.75, 3.05) is 46.2 Å². The fourth-order valence-corrected chi connectivity index (χ4v) is 1.20. The van der Waals surface area contributed by atoms with Crippen LogP contribution in [0, 0.1) is 0 Å². The zero-order chi connectivity index (χ0) is 11.6. The fourth-order valence-electron chi connectivity index (χ4n) is 1.20. The number of aliphatic hydroxyl groups excluding tert-OH is 1. The van der Waals surface area contributed by atoms with Gasteiger partial charge < -0.3 is 24.1 Å². The second kappa shape index (κ2) is 8.66. The lowest BCUT2D eigenvalue weighted by Crippen LogP contribution is -2.12. The van der Waals surface area contributed by atoms with Crippen LogP contribution >= 0.6 is 0 Å². The molecule has 1 rings (SSSR count). The average molecular weight is 232 g/mol. The van der Waals surface area contributed by atoms with Gasteiger partial charge >= 0.3 is 0 Å². The van der Waals surface area contributed by atoms with Crippen molar-refractivity contribution < 1.29 is 24.1 Å². The number of hydrogen-bond acceptors (Lipinski definition) is 5. The van der Waals surface area contributed by atoms with Crippen LogP contribution in [-0.2, 0) is 18.9 Å². The topological polar surface area (TPSA) is 60.5 Å². The number of epoxide rings is 1. The summed E-state index contributed by atoms with van der Waals surface area (Å²) in [6.07, 6.45) is 2.14. The van der Waals surface area contributed by atoms with Gasteiger partial charge in [-0.25, -0.2) is 0 Å². The molecule has 5 heteroatoms. The van der Waals surface area contributed by atoms with Crippen LogP contribution in [0.2, 0.25) is 0 Å². The van der Waals surface area contributed by atoms with Gasteiger partial charge in [-0.3, -0.25) is 0 Å². The summed E-state index contributed by atoms with van der Waals surface area (Å²) in [6.45, 7) is 6.78. The molecule has 0 aromatic rings. The molecule has 0 amide bonds. The lowest BCUT2D eigenvalue weighted by molar-refractivity contribution is 0.00558. The fraction of sp³-hybridized carbons (Fsp3) is 0.818. The van der Waals surface area contributed by atoms with Crippen molar-refractivity contribution in [3.8, 4) is 0 Å². The maximum Gasteiger partial charge on any atom is 0.111 e. The van der Waals surface area contributed by atoms with Crippen LogP contribution in [0.3, 0.4) is 0 Å². The van der Waals surface area contributed by atoms with Gasteiger partial charge in [-0.15, -0.1) is 6.58 Å². The summed E-state index contributed by atoms with van der Waals surface area (Å²) >= 11 is 0. The van der Waals surface area contributed by atoms with Crippen molar-refractivity contribution in [3.05, 3.63) is 12.7 Å². The van der Waals surface area contributed by atoms with Crippen molar-refractivity contribution in [2.24, 2.45) is 0 Å². The zero-order valence-corrected chi connectivity index (χ0v) is 9.47. The normalized spacial score (nSPS) is 23.3. The van der Waals surface area contributed by atoms with Gasteiger partial charge in [0.2, 0.25) is 0 Å². The second-order valence-corrected chi connectivity index (χ2v) is 3.40. The van der Waals surface area contributed by atoms with Crippen LogP contribution in [-0.4, -0.2) is 63.6 Å². The summed E-state index contributed by atoms with van der Waals surface area (Å²) in [5.41, 5.74) is 0. The van der Waals surface area contributed by atoms with E-state index in [1.54, 1.807) is 6.08 Å². The van der Waals surface area contributed by atoms with E-state index in [0.717, 1.165) is 0 Å². The summed E-state index contributed by atoms with van der Waals surface area (Å²) in [5.74, 6) is 0. The predicted octanol–water partition coefficient (Wildman–Crippen LogP) is -0.0181. The third-order valence-corrected chi connectivity index (χ3v) is 2.12. The third kappa shape index (κ3) is 6.19. The van der Waals surface area contributed by atoms with Crippen LogP contribution in [0.4, 0.5) is 0 Å². The Labute approximate surface area is 95.9 Å². The Morgan fingerprint density at radius 3 is 2.25 bits per heavy atom. The van der Waals surface area contributed by atoms with Crippen LogP contribution in [0.5, 0.6) is 0 Å². The second-order valence-electron chi connectivity index (χ2n) is 3.40. The quantitative estimate of drug-likeness (QED) is 0.308. The van der Waals surface area contributed by atoms with Gasteiger partial charge in [0.05, 0.1) is 46.2 Å². The van der Waals surface area contributed by atoms with E-state index in [4.69, 9.17) is 24.1 Å². The molecule has 0 bridgehead atoms. The number of ether oxygens (including phenoxy) is 4. The number of rotatable bonds is 11. The van der Waals surface area contributed by atoms with E-state index in [9.17, 15) is 0 Å². The molecule has 0 unspecified atom stereocenters. The Hall–Kier alpha value is -0.460. The molecule has 0 aliphatic carbocycles. The van der Waals surface area contributed by atoms with Gasteiger partial charge in [-0.2, -0.15) is 0 Å². The zero-order valence-electron chi connectivity index (χ0n) is 9.47. The lowest BCUT2D eigenvalue weighted by atomic mass is 10.3. The molecule has 1 saturated heterocycles. The molecular formula is C11H20O5. The highest BCUT2D eigenvalue weighted by Gasteiger charge is 2.35. The van der Waals surface area contributed by atoms with Gasteiger partial charge in [-0.05, 0) is 0 Å². The molecule has 5 nitrogen and oxygen atoms in total. The first-order chi connectivity index (χ1) is 7.88. The molecule has 1 aliphatic rings. The van der Waals surface area contributed by atoms with Gasteiger partial charge in [-0.1, -0.05) is 6.08 Å². The van der Waals surface area contributed by atoms with Crippen LogP contribution in [0.25, 0.3) is 0 Å². The predicted molar refractivity (Wildman–Crippen MR) is 58.4 cm³/mol. The Bertz CT molecular complexity index is 185. The van der Waals surface area contributed by atoms with Crippen molar-refractivity contribution in [1.29, 1.82) is 0 Å². The molecule has 16 heavy (non-hydrogen) atoms. The largest absolute Gasteiger partial charge is 0.394 e. The molecule has 0 saturated carbocycles. The summed E-state index contributed by atoms with van der Waals surface area (Å²) in [7, 11) is 0. The minimum absolute atomic E-state index is 0.0506. The highest BCUT2D eigenvalue weighted by molar-refractivity contribution is 4.97. The van der Waals surface area contributed by atoms with E-state index in [0.29, 0.717) is 39.6 Å². The molecule has 1 N–H and O–H groups in total. The SMILES string of the molecule is C=C[C@H]1O[C@@H]1COCCOCCOCCO. The summed E-state index contributed by atoms with van der Waals surface area (Å²) in [5, 5.41) is 8.43. The maximum atomic E-state index is 8.43. The average Bonchev–Trinajstić information content (AvgIpc) is 3.05. The van der Waals surface area contributed by atoms with Gasteiger partial charge in [0.15, 0.2) is 0 Å². The van der Waals surface area contributed by atoms with Crippen molar-refractivity contribution in [2.45, 2.75) is 12.2 Å².